The normalized spacial score (nSPS) is 16.0. The van der Waals surface area contributed by atoms with Crippen LogP contribution >= 0.6 is 35.3 Å². The van der Waals surface area contributed by atoms with Crippen molar-refractivity contribution in [1.82, 2.24) is 4.98 Å². The summed E-state index contributed by atoms with van der Waals surface area (Å²) in [4.78, 5) is 18.3. The Morgan fingerprint density at radius 2 is 2.25 bits per heavy atom. The summed E-state index contributed by atoms with van der Waals surface area (Å²) in [5.41, 5.74) is 7.56. The molecule has 3 N–H and O–H groups in total. The van der Waals surface area contributed by atoms with Crippen molar-refractivity contribution in [1.29, 1.82) is 0 Å². The first-order chi connectivity index (χ1) is 11.0. The van der Waals surface area contributed by atoms with Crippen molar-refractivity contribution in [2.45, 2.75) is 26.2 Å². The minimum Gasteiger partial charge on any atom is -0.496 e. The summed E-state index contributed by atoms with van der Waals surface area (Å²) in [6.07, 6.45) is 3.14. The third-order valence-corrected chi connectivity index (χ3v) is 5.33. The molecule has 0 fully saturated rings. The standard InChI is InChI=1S/C16H18ClN3O2S.ClH/c1-8-3-4-12-14(5-8)23-16(19-12)20-15(21)9-6-10(17)11(18)7-13(9)22-2;/h6-8H,3-5,18H2,1-2H3,(H,19,20,21);1H. The van der Waals surface area contributed by atoms with E-state index in [0.717, 1.165) is 25.0 Å². The van der Waals surface area contributed by atoms with E-state index in [0.29, 0.717) is 33.1 Å². The highest BCUT2D eigenvalue weighted by molar-refractivity contribution is 7.15. The van der Waals surface area contributed by atoms with Crippen LogP contribution in [0.15, 0.2) is 12.1 Å². The molecule has 0 spiro atoms. The van der Waals surface area contributed by atoms with Gasteiger partial charge in [0.1, 0.15) is 5.75 Å². The van der Waals surface area contributed by atoms with Crippen LogP contribution in [0.4, 0.5) is 10.8 Å². The number of ether oxygens (including phenoxy) is 1. The lowest BCUT2D eigenvalue weighted by atomic mass is 9.93. The molecule has 1 aliphatic rings. The van der Waals surface area contributed by atoms with Gasteiger partial charge in [0.2, 0.25) is 0 Å². The van der Waals surface area contributed by atoms with Gasteiger partial charge in [-0.15, -0.1) is 23.7 Å². The molecule has 0 radical (unpaired) electrons. The number of halogens is 2. The predicted octanol–water partition coefficient (Wildman–Crippen LogP) is 4.19. The highest BCUT2D eigenvalue weighted by atomic mass is 35.5. The molecule has 130 valence electrons. The lowest BCUT2D eigenvalue weighted by Crippen LogP contribution is -2.13. The highest BCUT2D eigenvalue weighted by Gasteiger charge is 2.22. The molecule has 1 heterocycles. The Morgan fingerprint density at radius 3 is 2.96 bits per heavy atom. The number of methoxy groups -OCH3 is 1. The third kappa shape index (κ3) is 3.77. The van der Waals surface area contributed by atoms with Crippen molar-refractivity contribution in [2.24, 2.45) is 5.92 Å². The SMILES string of the molecule is COc1cc(N)c(Cl)cc1C(=O)Nc1nc2c(s1)CC(C)CC2.Cl. The Labute approximate surface area is 156 Å². The van der Waals surface area contributed by atoms with Gasteiger partial charge in [-0.05, 0) is 31.2 Å². The van der Waals surface area contributed by atoms with E-state index in [2.05, 4.69) is 17.2 Å². The van der Waals surface area contributed by atoms with E-state index in [1.807, 2.05) is 0 Å². The molecule has 24 heavy (non-hydrogen) atoms. The number of aromatic nitrogens is 1. The maximum Gasteiger partial charge on any atom is 0.261 e. The van der Waals surface area contributed by atoms with Crippen molar-refractivity contribution >= 4 is 52.1 Å². The second-order valence-corrected chi connectivity index (χ2v) is 7.26. The molecule has 1 amide bonds. The molecule has 3 rings (SSSR count). The summed E-state index contributed by atoms with van der Waals surface area (Å²) in [5, 5.41) is 3.78. The number of anilines is 2. The zero-order chi connectivity index (χ0) is 16.6. The van der Waals surface area contributed by atoms with Gasteiger partial charge in [-0.25, -0.2) is 4.98 Å². The quantitative estimate of drug-likeness (QED) is 0.774. The fourth-order valence-electron chi connectivity index (χ4n) is 2.67. The van der Waals surface area contributed by atoms with Crippen LogP contribution in [0.25, 0.3) is 0 Å². The second-order valence-electron chi connectivity index (χ2n) is 5.76. The number of nitrogens with zero attached hydrogens (tertiary/aromatic N) is 1. The molecule has 0 aliphatic heterocycles. The highest BCUT2D eigenvalue weighted by Crippen LogP contribution is 2.33. The van der Waals surface area contributed by atoms with Gasteiger partial charge in [-0.1, -0.05) is 18.5 Å². The van der Waals surface area contributed by atoms with Crippen LogP contribution in [-0.2, 0) is 12.8 Å². The molecule has 1 aromatic heterocycles. The topological polar surface area (TPSA) is 77.2 Å². The Balaban J connectivity index is 0.00000208. The fraction of sp³-hybridized carbons (Fsp3) is 0.375. The van der Waals surface area contributed by atoms with Crippen molar-refractivity contribution in [3.8, 4) is 5.75 Å². The maximum absolute atomic E-state index is 12.5. The summed E-state index contributed by atoms with van der Waals surface area (Å²) < 4.78 is 5.22. The molecule has 0 bridgehead atoms. The van der Waals surface area contributed by atoms with Crippen LogP contribution < -0.4 is 15.8 Å². The van der Waals surface area contributed by atoms with Gasteiger partial charge >= 0.3 is 0 Å². The van der Waals surface area contributed by atoms with E-state index < -0.39 is 0 Å². The number of aryl methyl sites for hydroxylation is 1. The van der Waals surface area contributed by atoms with Crippen LogP contribution in [-0.4, -0.2) is 18.0 Å². The number of nitrogens with one attached hydrogen (secondary N) is 1. The number of nitrogens with two attached hydrogens (primary N) is 1. The van der Waals surface area contributed by atoms with Crippen LogP contribution in [0.2, 0.25) is 5.02 Å². The number of hydrogen-bond acceptors (Lipinski definition) is 5. The van der Waals surface area contributed by atoms with E-state index in [9.17, 15) is 4.79 Å². The monoisotopic (exact) mass is 387 g/mol. The van der Waals surface area contributed by atoms with Gasteiger partial charge in [0.15, 0.2) is 5.13 Å². The second kappa shape index (κ2) is 7.59. The van der Waals surface area contributed by atoms with Crippen LogP contribution in [0.5, 0.6) is 5.75 Å². The third-order valence-electron chi connectivity index (χ3n) is 3.97. The number of hydrogen-bond donors (Lipinski definition) is 2. The molecule has 0 saturated carbocycles. The summed E-state index contributed by atoms with van der Waals surface area (Å²) >= 11 is 7.56. The molecule has 2 aromatic rings. The first-order valence-electron chi connectivity index (χ1n) is 7.41. The van der Waals surface area contributed by atoms with E-state index in [4.69, 9.17) is 22.1 Å². The molecular formula is C16H19Cl2N3O2S. The molecule has 1 atom stereocenters. The number of rotatable bonds is 3. The zero-order valence-electron chi connectivity index (χ0n) is 13.4. The van der Waals surface area contributed by atoms with Crippen molar-refractivity contribution in [3.63, 3.8) is 0 Å². The Bertz CT molecular complexity index is 764. The number of carbonyl (C=O) groups excluding carboxylic acids is 1. The molecule has 1 aliphatic carbocycles. The minimum atomic E-state index is -0.303. The van der Waals surface area contributed by atoms with Crippen molar-refractivity contribution in [3.05, 3.63) is 33.3 Å². The number of fused-ring (bicyclic) bond motifs is 1. The molecule has 1 unspecified atom stereocenters. The van der Waals surface area contributed by atoms with Gasteiger partial charge in [0, 0.05) is 10.9 Å². The van der Waals surface area contributed by atoms with Crippen LogP contribution in [0, 0.1) is 5.92 Å². The Kier molecular flexibility index (Phi) is 5.96. The van der Waals surface area contributed by atoms with Gasteiger partial charge in [0.25, 0.3) is 5.91 Å². The number of benzene rings is 1. The van der Waals surface area contributed by atoms with Gasteiger partial charge in [-0.3, -0.25) is 10.1 Å². The average molecular weight is 388 g/mol. The summed E-state index contributed by atoms with van der Waals surface area (Å²) in [6, 6.07) is 3.06. The lowest BCUT2D eigenvalue weighted by Gasteiger charge is -2.15. The van der Waals surface area contributed by atoms with Gasteiger partial charge < -0.3 is 10.5 Å². The summed E-state index contributed by atoms with van der Waals surface area (Å²) in [6.45, 7) is 2.24. The fourth-order valence-corrected chi connectivity index (χ4v) is 4.00. The molecular weight excluding hydrogens is 369 g/mol. The Hall–Kier alpha value is -1.50. The van der Waals surface area contributed by atoms with E-state index in [1.165, 1.54) is 18.1 Å². The van der Waals surface area contributed by atoms with E-state index in [-0.39, 0.29) is 18.3 Å². The van der Waals surface area contributed by atoms with E-state index in [1.54, 1.807) is 17.4 Å². The number of carbonyl (C=O) groups is 1. The van der Waals surface area contributed by atoms with Crippen molar-refractivity contribution in [2.75, 3.05) is 18.2 Å². The molecule has 5 nitrogen and oxygen atoms in total. The first-order valence-corrected chi connectivity index (χ1v) is 8.60. The van der Waals surface area contributed by atoms with E-state index >= 15 is 0 Å². The number of thiazole rings is 1. The molecule has 0 saturated heterocycles. The zero-order valence-corrected chi connectivity index (χ0v) is 15.8. The first kappa shape index (κ1) is 18.8. The number of nitrogen functional groups attached to an aromatic ring is 1. The number of amides is 1. The average Bonchev–Trinajstić information content (AvgIpc) is 2.90. The predicted molar refractivity (Wildman–Crippen MR) is 101 cm³/mol. The van der Waals surface area contributed by atoms with Gasteiger partial charge in [-0.2, -0.15) is 0 Å². The van der Waals surface area contributed by atoms with Crippen molar-refractivity contribution < 1.29 is 9.53 Å². The van der Waals surface area contributed by atoms with Gasteiger partial charge in [0.05, 0.1) is 29.1 Å². The smallest absolute Gasteiger partial charge is 0.261 e. The molecule has 8 heteroatoms. The lowest BCUT2D eigenvalue weighted by molar-refractivity contribution is 0.102. The summed E-state index contributed by atoms with van der Waals surface area (Å²) in [7, 11) is 1.49. The largest absolute Gasteiger partial charge is 0.496 e. The van der Waals surface area contributed by atoms with Crippen LogP contribution in [0.1, 0.15) is 34.3 Å². The molecule has 1 aromatic carbocycles. The minimum absolute atomic E-state index is 0. The maximum atomic E-state index is 12.5. The van der Waals surface area contributed by atoms with Crippen LogP contribution in [0.3, 0.4) is 0 Å². The summed E-state index contributed by atoms with van der Waals surface area (Å²) in [5.74, 6) is 0.754. The Morgan fingerprint density at radius 1 is 1.50 bits per heavy atom.